The summed E-state index contributed by atoms with van der Waals surface area (Å²) < 4.78 is 23.1. The van der Waals surface area contributed by atoms with Gasteiger partial charge in [-0.1, -0.05) is 23.3 Å². The van der Waals surface area contributed by atoms with Gasteiger partial charge in [-0.3, -0.25) is 0 Å². The molecule has 0 fully saturated rings. The fourth-order valence-corrected chi connectivity index (χ4v) is 3.26. The van der Waals surface area contributed by atoms with Crippen LogP contribution in [0.4, 0.5) is 0 Å². The van der Waals surface area contributed by atoms with Crippen LogP contribution >= 0.6 is 0 Å². The minimum Gasteiger partial charge on any atom is -0.392 e. The number of allylic oxidation sites excluding steroid dienone is 1. The second-order valence-corrected chi connectivity index (χ2v) is 5.94. The van der Waals surface area contributed by atoms with Crippen molar-refractivity contribution in [3.05, 3.63) is 23.3 Å². The van der Waals surface area contributed by atoms with Gasteiger partial charge in [-0.15, -0.1) is 0 Å². The van der Waals surface area contributed by atoms with E-state index in [0.29, 0.717) is 6.42 Å². The lowest BCUT2D eigenvalue weighted by Gasteiger charge is -2.09. The van der Waals surface area contributed by atoms with Gasteiger partial charge in [0.15, 0.2) is 9.84 Å². The van der Waals surface area contributed by atoms with Crippen LogP contribution in [0.15, 0.2) is 23.3 Å². The highest BCUT2D eigenvalue weighted by molar-refractivity contribution is 7.92. The van der Waals surface area contributed by atoms with Gasteiger partial charge in [-0.25, -0.2) is 8.42 Å². The third-order valence-electron chi connectivity index (χ3n) is 2.51. The topological polar surface area (TPSA) is 54.4 Å². The molecule has 1 aliphatic heterocycles. The van der Waals surface area contributed by atoms with Gasteiger partial charge >= 0.3 is 0 Å². The standard InChI is InChI=1S/C10H16O3S/c1-8(7-11)3-4-10-9(2)5-6-14(10,12)13/h3,5,10-11H,4,6-7H2,1-2H3/b8-3+. The highest BCUT2D eigenvalue weighted by Gasteiger charge is 2.30. The predicted molar refractivity (Wildman–Crippen MR) is 56.8 cm³/mol. The zero-order chi connectivity index (χ0) is 10.8. The molecule has 1 rings (SSSR count). The Balaban J connectivity index is 2.74. The molecular formula is C10H16O3S. The number of rotatable bonds is 3. The Labute approximate surface area is 85.1 Å². The quantitative estimate of drug-likeness (QED) is 0.718. The Kier molecular flexibility index (Phi) is 3.50. The van der Waals surface area contributed by atoms with Gasteiger partial charge in [-0.05, 0) is 20.3 Å². The summed E-state index contributed by atoms with van der Waals surface area (Å²) in [7, 11) is -2.96. The Bertz CT molecular complexity index is 363. The Morgan fingerprint density at radius 2 is 2.36 bits per heavy atom. The van der Waals surface area contributed by atoms with Gasteiger partial charge in [0.25, 0.3) is 0 Å². The number of hydrogen-bond acceptors (Lipinski definition) is 3. The fourth-order valence-electron chi connectivity index (χ4n) is 1.48. The molecule has 0 aromatic carbocycles. The summed E-state index contributed by atoms with van der Waals surface area (Å²) in [5.74, 6) is 0.162. The molecule has 4 heteroatoms. The third-order valence-corrected chi connectivity index (χ3v) is 4.57. The first-order valence-corrected chi connectivity index (χ1v) is 6.33. The van der Waals surface area contributed by atoms with E-state index in [-0.39, 0.29) is 17.6 Å². The first-order chi connectivity index (χ1) is 6.47. The molecule has 1 atom stereocenters. The molecule has 0 aromatic heterocycles. The normalized spacial score (nSPS) is 26.4. The Hall–Kier alpha value is -0.610. The fraction of sp³-hybridized carbons (Fsp3) is 0.600. The van der Waals surface area contributed by atoms with Crippen LogP contribution in [0.25, 0.3) is 0 Å². The van der Waals surface area contributed by atoms with Crippen molar-refractivity contribution in [3.63, 3.8) is 0 Å². The molecule has 0 spiro atoms. The van der Waals surface area contributed by atoms with Crippen LogP contribution in [0.2, 0.25) is 0 Å². The van der Waals surface area contributed by atoms with Gasteiger partial charge in [0.2, 0.25) is 0 Å². The van der Waals surface area contributed by atoms with Crippen LogP contribution in [0.1, 0.15) is 20.3 Å². The van der Waals surface area contributed by atoms with Gasteiger partial charge in [0.1, 0.15) is 0 Å². The first-order valence-electron chi connectivity index (χ1n) is 4.62. The molecule has 0 bridgehead atoms. The molecule has 0 aromatic rings. The average Bonchev–Trinajstić information content (AvgIpc) is 2.38. The number of hydrogen-bond donors (Lipinski definition) is 1. The van der Waals surface area contributed by atoms with Crippen LogP contribution in [0.3, 0.4) is 0 Å². The van der Waals surface area contributed by atoms with E-state index in [1.807, 2.05) is 6.92 Å². The maximum absolute atomic E-state index is 11.5. The number of aliphatic hydroxyl groups excluding tert-OH is 1. The summed E-state index contributed by atoms with van der Waals surface area (Å²) >= 11 is 0. The molecule has 14 heavy (non-hydrogen) atoms. The molecule has 1 unspecified atom stereocenters. The van der Waals surface area contributed by atoms with Gasteiger partial charge in [0.05, 0.1) is 17.6 Å². The lowest BCUT2D eigenvalue weighted by molar-refractivity contribution is 0.331. The third kappa shape index (κ3) is 2.45. The molecule has 3 nitrogen and oxygen atoms in total. The molecule has 0 saturated heterocycles. The molecule has 1 N–H and O–H groups in total. The summed E-state index contributed by atoms with van der Waals surface area (Å²) in [5, 5.41) is 8.40. The molecule has 0 radical (unpaired) electrons. The SMILES string of the molecule is CC1=CCS(=O)(=O)C1C/C=C(\C)CO. The molecule has 1 heterocycles. The first kappa shape index (κ1) is 11.5. The maximum atomic E-state index is 11.5. The zero-order valence-corrected chi connectivity index (χ0v) is 9.34. The number of aliphatic hydroxyl groups is 1. The van der Waals surface area contributed by atoms with E-state index in [2.05, 4.69) is 0 Å². The summed E-state index contributed by atoms with van der Waals surface area (Å²) in [6.07, 6.45) is 4.05. The molecule has 0 saturated carbocycles. The van der Waals surface area contributed by atoms with Crippen molar-refractivity contribution in [1.29, 1.82) is 0 Å². The summed E-state index contributed by atoms with van der Waals surface area (Å²) in [4.78, 5) is 0. The van der Waals surface area contributed by atoms with Gasteiger partial charge in [-0.2, -0.15) is 0 Å². The zero-order valence-electron chi connectivity index (χ0n) is 8.53. The maximum Gasteiger partial charge on any atom is 0.160 e. The van der Waals surface area contributed by atoms with Gasteiger partial charge < -0.3 is 5.11 Å². The van der Waals surface area contributed by atoms with E-state index in [9.17, 15) is 8.42 Å². The lowest BCUT2D eigenvalue weighted by Crippen LogP contribution is -2.18. The highest BCUT2D eigenvalue weighted by Crippen LogP contribution is 2.24. The van der Waals surface area contributed by atoms with Gasteiger partial charge in [0, 0.05) is 0 Å². The van der Waals surface area contributed by atoms with Crippen molar-refractivity contribution in [2.75, 3.05) is 12.4 Å². The summed E-state index contributed by atoms with van der Waals surface area (Å²) in [6.45, 7) is 3.63. The monoisotopic (exact) mass is 216 g/mol. The Morgan fingerprint density at radius 1 is 1.71 bits per heavy atom. The van der Waals surface area contributed by atoms with Crippen LogP contribution < -0.4 is 0 Å². The minimum absolute atomic E-state index is 0.00443. The molecule has 0 aliphatic carbocycles. The summed E-state index contributed by atoms with van der Waals surface area (Å²) in [6, 6.07) is 0. The predicted octanol–water partition coefficient (Wildman–Crippen LogP) is 1.06. The smallest absolute Gasteiger partial charge is 0.160 e. The molecular weight excluding hydrogens is 200 g/mol. The van der Waals surface area contributed by atoms with E-state index >= 15 is 0 Å². The van der Waals surface area contributed by atoms with E-state index < -0.39 is 9.84 Å². The highest BCUT2D eigenvalue weighted by atomic mass is 32.2. The van der Waals surface area contributed by atoms with E-state index in [0.717, 1.165) is 11.1 Å². The Morgan fingerprint density at radius 3 is 2.79 bits per heavy atom. The lowest BCUT2D eigenvalue weighted by atomic mass is 10.1. The average molecular weight is 216 g/mol. The van der Waals surface area contributed by atoms with E-state index in [1.54, 1.807) is 19.1 Å². The van der Waals surface area contributed by atoms with Crippen LogP contribution in [0, 0.1) is 0 Å². The summed E-state index contributed by atoms with van der Waals surface area (Å²) in [5.41, 5.74) is 1.74. The van der Waals surface area contributed by atoms with Crippen molar-refractivity contribution in [1.82, 2.24) is 0 Å². The molecule has 1 aliphatic rings. The van der Waals surface area contributed by atoms with E-state index in [4.69, 9.17) is 5.11 Å². The van der Waals surface area contributed by atoms with Crippen molar-refractivity contribution in [2.24, 2.45) is 0 Å². The number of sulfone groups is 1. The van der Waals surface area contributed by atoms with Crippen molar-refractivity contribution >= 4 is 9.84 Å². The van der Waals surface area contributed by atoms with Crippen LogP contribution in [0.5, 0.6) is 0 Å². The largest absolute Gasteiger partial charge is 0.392 e. The molecule has 80 valence electrons. The van der Waals surface area contributed by atoms with E-state index in [1.165, 1.54) is 0 Å². The minimum atomic E-state index is -2.96. The van der Waals surface area contributed by atoms with Crippen molar-refractivity contribution in [3.8, 4) is 0 Å². The molecule has 0 amide bonds. The van der Waals surface area contributed by atoms with Crippen molar-refractivity contribution < 1.29 is 13.5 Å². The second kappa shape index (κ2) is 4.28. The second-order valence-electron chi connectivity index (χ2n) is 3.71. The van der Waals surface area contributed by atoms with Crippen molar-refractivity contribution in [2.45, 2.75) is 25.5 Å². The van der Waals surface area contributed by atoms with Crippen LogP contribution in [-0.4, -0.2) is 31.1 Å². The van der Waals surface area contributed by atoms with Crippen LogP contribution in [-0.2, 0) is 9.84 Å².